The number of hydrogen-bond acceptors (Lipinski definition) is 3. The van der Waals surface area contributed by atoms with E-state index < -0.39 is 5.97 Å². The average Bonchev–Trinajstić information content (AvgIpc) is 3.00. The van der Waals surface area contributed by atoms with Gasteiger partial charge in [0.15, 0.2) is 0 Å². The lowest BCUT2D eigenvalue weighted by molar-refractivity contribution is -0.175. The van der Waals surface area contributed by atoms with Crippen LogP contribution in [-0.4, -0.2) is 33.5 Å². The Morgan fingerprint density at radius 2 is 1.79 bits per heavy atom. The fourth-order valence-electron chi connectivity index (χ4n) is 8.71. The molecule has 4 rings (SSSR count). The molecule has 0 aromatic heterocycles. The minimum absolute atomic E-state index is 0.0591. The van der Waals surface area contributed by atoms with Gasteiger partial charge in [-0.3, -0.25) is 4.79 Å². The lowest BCUT2D eigenvalue weighted by Gasteiger charge is -2.62. The molecule has 6 unspecified atom stereocenters. The van der Waals surface area contributed by atoms with Gasteiger partial charge in [-0.05, 0) is 104 Å². The van der Waals surface area contributed by atoms with Crippen molar-refractivity contribution in [2.75, 3.05) is 0 Å². The summed E-state index contributed by atoms with van der Waals surface area (Å²) in [6, 6.07) is 0. The minimum Gasteiger partial charge on any atom is -0.481 e. The number of aliphatic hydroxyl groups is 2. The normalized spacial score (nSPS) is 51.7. The van der Waals surface area contributed by atoms with Crippen LogP contribution < -0.4 is 0 Å². The number of aliphatic hydroxyl groups excluding tert-OH is 2. The van der Waals surface area contributed by atoms with Gasteiger partial charge < -0.3 is 15.3 Å². The van der Waals surface area contributed by atoms with Crippen molar-refractivity contribution < 1.29 is 20.1 Å². The Labute approximate surface area is 170 Å². The average molecular weight is 393 g/mol. The summed E-state index contributed by atoms with van der Waals surface area (Å²) in [6.45, 7) is 6.99. The first-order chi connectivity index (χ1) is 13.2. The maximum absolute atomic E-state index is 11.5. The molecule has 0 spiro atoms. The Morgan fingerprint density at radius 3 is 2.50 bits per heavy atom. The Hall–Kier alpha value is -0.610. The Kier molecular flexibility index (Phi) is 5.36. The zero-order chi connectivity index (χ0) is 20.3. The highest BCUT2D eigenvalue weighted by molar-refractivity contribution is 5.66. The van der Waals surface area contributed by atoms with Crippen LogP contribution in [0, 0.1) is 46.3 Å². The van der Waals surface area contributed by atoms with Crippen LogP contribution in [0.4, 0.5) is 0 Å². The topological polar surface area (TPSA) is 77.8 Å². The number of rotatable bonds is 4. The standard InChI is InChI=1S/C24H40O4/c1-14(4-9-22(27)28)18-7-8-19-17-6-5-15-12-16(25)10-11-23(15,2)20(17)13-21(26)24(18,19)3/h14-21,25-26H,4-13H2,1-3H3,(H,27,28)/t14?,15-,16?,17?,18-,19?,20?,21?,23+,24-/m1/s1. The second kappa shape index (κ2) is 7.27. The van der Waals surface area contributed by atoms with Crippen molar-refractivity contribution in [3.05, 3.63) is 0 Å². The van der Waals surface area contributed by atoms with Crippen molar-refractivity contribution in [3.8, 4) is 0 Å². The Balaban J connectivity index is 1.56. The highest BCUT2D eigenvalue weighted by Crippen LogP contribution is 2.68. The first-order valence-corrected chi connectivity index (χ1v) is 11.8. The van der Waals surface area contributed by atoms with E-state index in [2.05, 4.69) is 20.8 Å². The van der Waals surface area contributed by atoms with Crippen LogP contribution in [0.25, 0.3) is 0 Å². The fraction of sp³-hybridized carbons (Fsp3) is 0.958. The van der Waals surface area contributed by atoms with Gasteiger partial charge >= 0.3 is 5.97 Å². The SMILES string of the molecule is CC(CCC(=O)O)[C@H]1CCC2C3CC[C@@H]4CC(O)CC[C@]4(C)C3CC(O)[C@@]21C. The Bertz CT molecular complexity index is 605. The van der Waals surface area contributed by atoms with Gasteiger partial charge in [-0.15, -0.1) is 0 Å². The minimum atomic E-state index is -0.707. The van der Waals surface area contributed by atoms with Gasteiger partial charge in [0.05, 0.1) is 12.2 Å². The summed E-state index contributed by atoms with van der Waals surface area (Å²) in [5, 5.41) is 30.8. The first-order valence-electron chi connectivity index (χ1n) is 11.8. The summed E-state index contributed by atoms with van der Waals surface area (Å²) < 4.78 is 0. The number of carboxylic acid groups (broad SMARTS) is 1. The van der Waals surface area contributed by atoms with E-state index in [0.29, 0.717) is 35.5 Å². The zero-order valence-corrected chi connectivity index (χ0v) is 17.9. The largest absolute Gasteiger partial charge is 0.481 e. The van der Waals surface area contributed by atoms with Crippen LogP contribution in [0.2, 0.25) is 0 Å². The highest BCUT2D eigenvalue weighted by Gasteiger charge is 2.63. The molecule has 0 aromatic carbocycles. The monoisotopic (exact) mass is 392 g/mol. The molecule has 0 bridgehead atoms. The summed E-state index contributed by atoms with van der Waals surface area (Å²) in [5.41, 5.74) is 0.216. The molecule has 0 radical (unpaired) electrons. The van der Waals surface area contributed by atoms with E-state index >= 15 is 0 Å². The number of hydrogen-bond donors (Lipinski definition) is 3. The first kappa shape index (κ1) is 20.7. The molecule has 0 aliphatic heterocycles. The van der Waals surface area contributed by atoms with Crippen LogP contribution in [0.1, 0.15) is 85.0 Å². The van der Waals surface area contributed by atoms with Gasteiger partial charge in [0.25, 0.3) is 0 Å². The lowest BCUT2D eigenvalue weighted by Crippen LogP contribution is -2.58. The summed E-state index contributed by atoms with van der Waals surface area (Å²) >= 11 is 0. The Morgan fingerprint density at radius 1 is 1.04 bits per heavy atom. The van der Waals surface area contributed by atoms with Crippen molar-refractivity contribution >= 4 is 5.97 Å². The molecule has 4 aliphatic rings. The molecular formula is C24H40O4. The highest BCUT2D eigenvalue weighted by atomic mass is 16.4. The molecule has 4 nitrogen and oxygen atoms in total. The fourth-order valence-corrected chi connectivity index (χ4v) is 8.71. The molecular weight excluding hydrogens is 352 g/mol. The van der Waals surface area contributed by atoms with E-state index in [1.165, 1.54) is 19.3 Å². The number of carboxylic acids is 1. The quantitative estimate of drug-likeness (QED) is 0.659. The van der Waals surface area contributed by atoms with Crippen molar-refractivity contribution in [2.45, 2.75) is 97.2 Å². The summed E-state index contributed by atoms with van der Waals surface area (Å²) in [4.78, 5) is 11.1. The van der Waals surface area contributed by atoms with Crippen LogP contribution in [0.5, 0.6) is 0 Å². The van der Waals surface area contributed by atoms with Crippen molar-refractivity contribution in [1.82, 2.24) is 0 Å². The number of aliphatic carboxylic acids is 1. The maximum Gasteiger partial charge on any atom is 0.303 e. The summed E-state index contributed by atoms with van der Waals surface area (Å²) in [6.07, 6.45) is 9.26. The van der Waals surface area contributed by atoms with Gasteiger partial charge in [-0.1, -0.05) is 20.8 Å². The molecule has 160 valence electrons. The van der Waals surface area contributed by atoms with Crippen LogP contribution >= 0.6 is 0 Å². The molecule has 0 saturated heterocycles. The van der Waals surface area contributed by atoms with Crippen molar-refractivity contribution in [1.29, 1.82) is 0 Å². The molecule has 0 aromatic rings. The van der Waals surface area contributed by atoms with Crippen LogP contribution in [-0.2, 0) is 4.79 Å². The van der Waals surface area contributed by atoms with Crippen molar-refractivity contribution in [3.63, 3.8) is 0 Å². The lowest BCUT2D eigenvalue weighted by atomic mass is 9.43. The molecule has 28 heavy (non-hydrogen) atoms. The third-order valence-electron chi connectivity index (χ3n) is 10.3. The van der Waals surface area contributed by atoms with E-state index in [4.69, 9.17) is 5.11 Å². The van der Waals surface area contributed by atoms with Crippen LogP contribution in [0.15, 0.2) is 0 Å². The second-order valence-electron chi connectivity index (χ2n) is 11.3. The van der Waals surface area contributed by atoms with Gasteiger partial charge in [-0.2, -0.15) is 0 Å². The van der Waals surface area contributed by atoms with E-state index in [1.54, 1.807) is 0 Å². The molecule has 4 heteroatoms. The summed E-state index contributed by atoms with van der Waals surface area (Å²) in [5.74, 6) is 2.55. The summed E-state index contributed by atoms with van der Waals surface area (Å²) in [7, 11) is 0. The molecule has 4 fully saturated rings. The number of fused-ring (bicyclic) bond motifs is 5. The smallest absolute Gasteiger partial charge is 0.303 e. The molecule has 10 atom stereocenters. The molecule has 0 heterocycles. The van der Waals surface area contributed by atoms with Gasteiger partial charge in [0.1, 0.15) is 0 Å². The molecule has 0 amide bonds. The second-order valence-corrected chi connectivity index (χ2v) is 11.3. The van der Waals surface area contributed by atoms with E-state index in [0.717, 1.165) is 38.5 Å². The van der Waals surface area contributed by atoms with E-state index in [9.17, 15) is 15.0 Å². The molecule has 4 saturated carbocycles. The van der Waals surface area contributed by atoms with Gasteiger partial charge in [0, 0.05) is 6.42 Å². The predicted octanol–water partition coefficient (Wildman–Crippen LogP) is 4.48. The van der Waals surface area contributed by atoms with E-state index in [-0.39, 0.29) is 29.5 Å². The maximum atomic E-state index is 11.5. The van der Waals surface area contributed by atoms with Crippen molar-refractivity contribution in [2.24, 2.45) is 46.3 Å². The number of carbonyl (C=O) groups is 1. The molecule has 4 aliphatic carbocycles. The predicted molar refractivity (Wildman–Crippen MR) is 109 cm³/mol. The third-order valence-corrected chi connectivity index (χ3v) is 10.3. The van der Waals surface area contributed by atoms with E-state index in [1.807, 2.05) is 0 Å². The molecule has 3 N–H and O–H groups in total. The van der Waals surface area contributed by atoms with Gasteiger partial charge in [-0.25, -0.2) is 0 Å². The zero-order valence-electron chi connectivity index (χ0n) is 17.9. The third kappa shape index (κ3) is 3.05. The van der Waals surface area contributed by atoms with Gasteiger partial charge in [0.2, 0.25) is 0 Å². The van der Waals surface area contributed by atoms with Crippen LogP contribution in [0.3, 0.4) is 0 Å².